The molecule has 0 bridgehead atoms. The summed E-state index contributed by atoms with van der Waals surface area (Å²) in [4.78, 5) is 0. The molecule has 160 valence electrons. The first-order valence-electron chi connectivity index (χ1n) is 8.20. The Morgan fingerprint density at radius 2 is 0.710 bits per heavy atom. The van der Waals surface area contributed by atoms with Crippen LogP contribution in [-0.4, -0.2) is 0 Å². The van der Waals surface area contributed by atoms with Crippen molar-refractivity contribution in [3.8, 4) is 0 Å². The highest BCUT2D eigenvalue weighted by Crippen LogP contribution is 2.35. The smallest absolute Gasteiger partial charge is 0.198 e. The molecule has 4 rings (SSSR count). The van der Waals surface area contributed by atoms with Gasteiger partial charge in [0.25, 0.3) is 0 Å². The van der Waals surface area contributed by atoms with Gasteiger partial charge in [0.1, 0.15) is 11.6 Å². The van der Waals surface area contributed by atoms with Gasteiger partial charge in [-0.2, -0.15) is 0 Å². The van der Waals surface area contributed by atoms with E-state index in [9.17, 15) is 43.9 Å². The average molecular weight is 449 g/mol. The number of benzene rings is 4. The van der Waals surface area contributed by atoms with Crippen LogP contribution < -0.4 is 5.32 Å². The summed E-state index contributed by atoms with van der Waals surface area (Å²) in [5.74, 6) is -19.7. The van der Waals surface area contributed by atoms with Gasteiger partial charge in [-0.15, -0.1) is 0 Å². The zero-order chi connectivity index (χ0) is 22.8. The first-order chi connectivity index (χ1) is 14.5. The van der Waals surface area contributed by atoms with Crippen LogP contribution in [0.4, 0.5) is 55.3 Å². The van der Waals surface area contributed by atoms with Gasteiger partial charge in [0.2, 0.25) is 0 Å². The Balaban J connectivity index is 1.90. The van der Waals surface area contributed by atoms with E-state index in [1.807, 2.05) is 0 Å². The van der Waals surface area contributed by atoms with E-state index in [1.165, 1.54) is 0 Å². The fourth-order valence-electron chi connectivity index (χ4n) is 3.16. The van der Waals surface area contributed by atoms with Crippen LogP contribution in [0.5, 0.6) is 0 Å². The van der Waals surface area contributed by atoms with Crippen molar-refractivity contribution in [3.05, 3.63) is 82.4 Å². The van der Waals surface area contributed by atoms with Crippen LogP contribution in [0.1, 0.15) is 0 Å². The van der Waals surface area contributed by atoms with Crippen LogP contribution >= 0.6 is 0 Å². The molecule has 4 aromatic carbocycles. The molecule has 0 unspecified atom stereocenters. The van der Waals surface area contributed by atoms with Crippen molar-refractivity contribution < 1.29 is 43.9 Å². The number of rotatable bonds is 2. The lowest BCUT2D eigenvalue weighted by Gasteiger charge is -2.13. The van der Waals surface area contributed by atoms with Crippen molar-refractivity contribution in [2.45, 2.75) is 0 Å². The standard InChI is InChI=1S/C20H5F10N/c21-9-3-5(1-7-11(9)15(25)19(29)17(27)13(7)23)31-6-2-8-12(10(22)4-6)16(26)20(30)18(28)14(8)24/h1-4,31H. The fourth-order valence-corrected chi connectivity index (χ4v) is 3.16. The third-order valence-corrected chi connectivity index (χ3v) is 4.54. The van der Waals surface area contributed by atoms with Gasteiger partial charge >= 0.3 is 0 Å². The molecule has 0 amide bonds. The minimum Gasteiger partial charge on any atom is -0.355 e. The maximum absolute atomic E-state index is 14.2. The van der Waals surface area contributed by atoms with Crippen molar-refractivity contribution in [1.29, 1.82) is 0 Å². The quantitative estimate of drug-likeness (QED) is 0.195. The molecule has 11 heteroatoms. The third kappa shape index (κ3) is 3.03. The molecule has 0 aliphatic carbocycles. The molecular weight excluding hydrogens is 444 g/mol. The molecule has 0 atom stereocenters. The van der Waals surface area contributed by atoms with Crippen molar-refractivity contribution in [2.24, 2.45) is 0 Å². The topological polar surface area (TPSA) is 12.0 Å². The number of anilines is 2. The van der Waals surface area contributed by atoms with Gasteiger partial charge in [-0.05, 0) is 24.3 Å². The van der Waals surface area contributed by atoms with E-state index in [0.29, 0.717) is 24.3 Å². The largest absolute Gasteiger partial charge is 0.355 e. The Morgan fingerprint density at radius 3 is 1.06 bits per heavy atom. The lowest BCUT2D eigenvalue weighted by atomic mass is 10.1. The summed E-state index contributed by atoms with van der Waals surface area (Å²) in [5, 5.41) is -2.17. The summed E-state index contributed by atoms with van der Waals surface area (Å²) in [5.41, 5.74) is -0.923. The molecule has 0 saturated carbocycles. The molecule has 31 heavy (non-hydrogen) atoms. The molecule has 0 heterocycles. The van der Waals surface area contributed by atoms with Gasteiger partial charge in [-0.3, -0.25) is 0 Å². The highest BCUT2D eigenvalue weighted by molar-refractivity contribution is 5.91. The monoisotopic (exact) mass is 449 g/mol. The molecule has 1 N–H and O–H groups in total. The summed E-state index contributed by atoms with van der Waals surface area (Å²) in [6, 6.07) is 2.30. The van der Waals surface area contributed by atoms with Crippen LogP contribution in [0.15, 0.2) is 24.3 Å². The van der Waals surface area contributed by atoms with Crippen molar-refractivity contribution >= 4 is 32.9 Å². The van der Waals surface area contributed by atoms with Crippen molar-refractivity contribution in [1.82, 2.24) is 0 Å². The van der Waals surface area contributed by atoms with Gasteiger partial charge in [0, 0.05) is 22.1 Å². The number of nitrogens with one attached hydrogen (secondary N) is 1. The molecule has 0 saturated heterocycles. The second-order valence-electron chi connectivity index (χ2n) is 6.40. The number of hydrogen-bond donors (Lipinski definition) is 1. The van der Waals surface area contributed by atoms with E-state index < -0.39 is 91.1 Å². The van der Waals surface area contributed by atoms with Crippen LogP contribution in [0, 0.1) is 58.2 Å². The normalized spacial score (nSPS) is 11.5. The second-order valence-corrected chi connectivity index (χ2v) is 6.40. The number of halogens is 10. The summed E-state index contributed by atoms with van der Waals surface area (Å²) >= 11 is 0. The summed E-state index contributed by atoms with van der Waals surface area (Å²) in [7, 11) is 0. The van der Waals surface area contributed by atoms with E-state index in [4.69, 9.17) is 0 Å². The van der Waals surface area contributed by atoms with E-state index in [-0.39, 0.29) is 0 Å². The highest BCUT2D eigenvalue weighted by atomic mass is 19.2. The van der Waals surface area contributed by atoms with Gasteiger partial charge in [0.15, 0.2) is 46.5 Å². The third-order valence-electron chi connectivity index (χ3n) is 4.54. The zero-order valence-corrected chi connectivity index (χ0v) is 14.6. The van der Waals surface area contributed by atoms with Crippen LogP contribution in [0.25, 0.3) is 21.5 Å². The maximum Gasteiger partial charge on any atom is 0.198 e. The minimum atomic E-state index is -2.23. The fraction of sp³-hybridized carbons (Fsp3) is 0. The van der Waals surface area contributed by atoms with Gasteiger partial charge in [-0.1, -0.05) is 0 Å². The zero-order valence-electron chi connectivity index (χ0n) is 14.6. The SMILES string of the molecule is Fc1c(F)c(F)c2c(F)cc(Nc3cc(F)c4c(F)c(F)c(F)c(F)c4c3)cc2c1F. The van der Waals surface area contributed by atoms with Crippen LogP contribution in [-0.2, 0) is 0 Å². The predicted molar refractivity (Wildman–Crippen MR) is 90.8 cm³/mol. The Morgan fingerprint density at radius 1 is 0.387 bits per heavy atom. The molecule has 0 spiro atoms. The molecule has 0 aliphatic rings. The van der Waals surface area contributed by atoms with Gasteiger partial charge in [0.05, 0.1) is 10.8 Å². The van der Waals surface area contributed by atoms with E-state index in [0.717, 1.165) is 0 Å². The van der Waals surface area contributed by atoms with E-state index in [2.05, 4.69) is 5.32 Å². The van der Waals surface area contributed by atoms with Crippen molar-refractivity contribution in [2.75, 3.05) is 5.32 Å². The lowest BCUT2D eigenvalue weighted by Crippen LogP contribution is -2.03. The summed E-state index contributed by atoms with van der Waals surface area (Å²) in [6.45, 7) is 0. The molecule has 0 fully saturated rings. The molecule has 0 aliphatic heterocycles. The Hall–Kier alpha value is -3.50. The first kappa shape index (κ1) is 20.8. The Labute approximate surface area is 165 Å². The van der Waals surface area contributed by atoms with E-state index in [1.54, 1.807) is 0 Å². The maximum atomic E-state index is 14.2. The number of hydrogen-bond acceptors (Lipinski definition) is 1. The summed E-state index contributed by atoms with van der Waals surface area (Å²) in [6.07, 6.45) is 0. The molecule has 0 aromatic heterocycles. The lowest BCUT2D eigenvalue weighted by molar-refractivity contribution is 0.416. The van der Waals surface area contributed by atoms with Crippen LogP contribution in [0.2, 0.25) is 0 Å². The molecule has 0 radical (unpaired) electrons. The van der Waals surface area contributed by atoms with Gasteiger partial charge < -0.3 is 5.32 Å². The predicted octanol–water partition coefficient (Wildman–Crippen LogP) is 7.13. The van der Waals surface area contributed by atoms with Crippen LogP contribution in [0.3, 0.4) is 0 Å². The molecule has 1 nitrogen and oxygen atoms in total. The second kappa shape index (κ2) is 7.03. The van der Waals surface area contributed by atoms with E-state index >= 15 is 0 Å². The molecular formula is C20H5F10N. The Bertz CT molecular complexity index is 1310. The highest BCUT2D eigenvalue weighted by Gasteiger charge is 2.25. The molecule has 4 aromatic rings. The summed E-state index contributed by atoms with van der Waals surface area (Å²) < 4.78 is 138. The number of fused-ring (bicyclic) bond motifs is 2. The van der Waals surface area contributed by atoms with Crippen molar-refractivity contribution in [3.63, 3.8) is 0 Å². The minimum absolute atomic E-state index is 0.462. The van der Waals surface area contributed by atoms with Gasteiger partial charge in [-0.25, -0.2) is 43.9 Å². The Kier molecular flexibility index (Phi) is 4.71. The average Bonchev–Trinajstić information content (AvgIpc) is 2.72. The first-order valence-corrected chi connectivity index (χ1v) is 8.20.